The Kier molecular flexibility index (Phi) is 3.99. The van der Waals surface area contributed by atoms with Gasteiger partial charge < -0.3 is 34.3 Å². The number of phenols is 1. The Morgan fingerprint density at radius 1 is 1.00 bits per heavy atom. The van der Waals surface area contributed by atoms with Crippen molar-refractivity contribution in [3.63, 3.8) is 0 Å². The molecule has 0 fully saturated rings. The van der Waals surface area contributed by atoms with Crippen LogP contribution in [0.3, 0.4) is 0 Å². The van der Waals surface area contributed by atoms with Crippen LogP contribution < -0.4 is 30.3 Å². The molecule has 4 aromatic carbocycles. The molecule has 2 aliphatic carbocycles. The maximum absolute atomic E-state index is 13.4. The van der Waals surface area contributed by atoms with Crippen LogP contribution in [-0.4, -0.2) is 48.5 Å². The molecule has 0 saturated carbocycles. The summed E-state index contributed by atoms with van der Waals surface area (Å²) >= 11 is 0. The van der Waals surface area contributed by atoms with Crippen molar-refractivity contribution in [1.82, 2.24) is 0 Å². The van der Waals surface area contributed by atoms with Crippen LogP contribution in [0.25, 0.3) is 38.1 Å². The lowest BCUT2D eigenvalue weighted by molar-refractivity contribution is 0.0284. The first-order valence-electron chi connectivity index (χ1n) is 11.6. The Morgan fingerprint density at radius 3 is 2.31 bits per heavy atom. The summed E-state index contributed by atoms with van der Waals surface area (Å²) in [6.07, 6.45) is -1.35. The lowest BCUT2D eigenvalue weighted by Crippen LogP contribution is -2.50. The highest BCUT2D eigenvalue weighted by Gasteiger charge is 2.54. The molecule has 9 heteroatoms. The molecule has 3 N–H and O–H groups in total. The van der Waals surface area contributed by atoms with Gasteiger partial charge in [-0.05, 0) is 30.7 Å². The molecule has 0 unspecified atom stereocenters. The molecule has 0 spiro atoms. The van der Waals surface area contributed by atoms with Crippen LogP contribution in [0.5, 0.6) is 23.0 Å². The monoisotopic (exact) mass is 490 g/mol. The fourth-order valence-corrected chi connectivity index (χ4v) is 7.11. The molecule has 0 saturated heterocycles. The highest BCUT2D eigenvalue weighted by Crippen LogP contribution is 2.60. The second-order valence-electron chi connectivity index (χ2n) is 9.90. The first kappa shape index (κ1) is 21.5. The summed E-state index contributed by atoms with van der Waals surface area (Å²) in [5.41, 5.74) is -0.615. The van der Waals surface area contributed by atoms with Gasteiger partial charge in [-0.2, -0.15) is 0 Å². The Balaban J connectivity index is 1.92. The lowest BCUT2D eigenvalue weighted by atomic mass is 9.66. The molecule has 4 aromatic rings. The predicted molar refractivity (Wildman–Crippen MR) is 131 cm³/mol. The van der Waals surface area contributed by atoms with Crippen LogP contribution >= 0.6 is 0 Å². The van der Waals surface area contributed by atoms with E-state index >= 15 is 0 Å². The quantitative estimate of drug-likeness (QED) is 0.289. The van der Waals surface area contributed by atoms with Crippen LogP contribution in [0, 0.1) is 0 Å². The van der Waals surface area contributed by atoms with Crippen LogP contribution in [-0.2, 0) is 16.6 Å². The number of ether oxygens (including phenoxy) is 4. The predicted octanol–water partition coefficient (Wildman–Crippen LogP) is 1.73. The highest BCUT2D eigenvalue weighted by atomic mass is 16.7. The van der Waals surface area contributed by atoms with E-state index in [0.717, 1.165) is 0 Å². The van der Waals surface area contributed by atoms with Gasteiger partial charge >= 0.3 is 0 Å². The molecule has 184 valence electrons. The van der Waals surface area contributed by atoms with Crippen molar-refractivity contribution in [2.24, 2.45) is 0 Å². The van der Waals surface area contributed by atoms with Gasteiger partial charge in [0.15, 0.2) is 22.4 Å². The number of hydrogen-bond donors (Lipinski definition) is 3. The first-order chi connectivity index (χ1) is 17.2. The Morgan fingerprint density at radius 2 is 1.67 bits per heavy atom. The minimum atomic E-state index is -1.01. The molecule has 1 heterocycles. The fourth-order valence-electron chi connectivity index (χ4n) is 7.11. The van der Waals surface area contributed by atoms with Crippen LogP contribution in [0.2, 0.25) is 0 Å². The Hall–Kier alpha value is -3.82. The van der Waals surface area contributed by atoms with Crippen LogP contribution in [0.1, 0.15) is 24.5 Å². The summed E-state index contributed by atoms with van der Waals surface area (Å²) in [6, 6.07) is 2.60. The number of methoxy groups -OCH3 is 2. The molecule has 3 aliphatic rings. The van der Waals surface area contributed by atoms with Crippen molar-refractivity contribution in [2.75, 3.05) is 21.0 Å². The summed E-state index contributed by atoms with van der Waals surface area (Å²) < 4.78 is 23.1. The normalized spacial score (nSPS) is 22.4. The van der Waals surface area contributed by atoms with Gasteiger partial charge in [0, 0.05) is 51.8 Å². The SMILES string of the molecule is COc1c2c3c4c5c(c(=O)cc6c5c5c(cc(=O)c(c1O)c35)OCO6)=C(O)[C@H](OC)[C@]4(C[C@H](C)O)C2. The van der Waals surface area contributed by atoms with E-state index in [0.29, 0.717) is 38.1 Å². The number of aromatic hydroxyl groups is 1. The van der Waals surface area contributed by atoms with E-state index in [1.807, 2.05) is 0 Å². The average Bonchev–Trinajstić information content (AvgIpc) is 3.03. The van der Waals surface area contributed by atoms with Gasteiger partial charge in [0.2, 0.25) is 6.79 Å². The smallest absolute Gasteiger partial charge is 0.230 e. The van der Waals surface area contributed by atoms with Crippen LogP contribution in [0.15, 0.2) is 21.7 Å². The third-order valence-electron chi connectivity index (χ3n) is 8.06. The van der Waals surface area contributed by atoms with Gasteiger partial charge in [0.05, 0.1) is 23.8 Å². The molecule has 9 nitrogen and oxygen atoms in total. The van der Waals surface area contributed by atoms with E-state index in [4.69, 9.17) is 18.9 Å². The van der Waals surface area contributed by atoms with Gasteiger partial charge in [0.1, 0.15) is 23.4 Å². The first-order valence-corrected chi connectivity index (χ1v) is 11.6. The molecule has 36 heavy (non-hydrogen) atoms. The van der Waals surface area contributed by atoms with Crippen LogP contribution in [0.4, 0.5) is 0 Å². The highest BCUT2D eigenvalue weighted by molar-refractivity contribution is 6.30. The zero-order chi connectivity index (χ0) is 25.3. The molecule has 1 aliphatic heterocycles. The number of aliphatic hydroxyl groups is 2. The maximum atomic E-state index is 13.4. The van der Waals surface area contributed by atoms with Crippen molar-refractivity contribution < 1.29 is 34.3 Å². The third-order valence-corrected chi connectivity index (χ3v) is 8.06. The molecule has 0 amide bonds. The molecule has 0 bridgehead atoms. The second kappa shape index (κ2) is 6.68. The number of aliphatic hydroxyl groups excluding tert-OH is 2. The van der Waals surface area contributed by atoms with E-state index in [2.05, 4.69) is 0 Å². The van der Waals surface area contributed by atoms with Crippen molar-refractivity contribution >= 4 is 38.1 Å². The molecule has 0 aromatic heterocycles. The zero-order valence-electron chi connectivity index (χ0n) is 19.7. The Labute approximate surface area is 203 Å². The van der Waals surface area contributed by atoms with Gasteiger partial charge in [-0.25, -0.2) is 0 Å². The third kappa shape index (κ3) is 2.20. The van der Waals surface area contributed by atoms with E-state index in [1.54, 1.807) is 6.92 Å². The molecule has 0 radical (unpaired) electrons. The lowest BCUT2D eigenvalue weighted by Gasteiger charge is -2.41. The van der Waals surface area contributed by atoms with Crippen molar-refractivity contribution in [3.8, 4) is 23.0 Å². The van der Waals surface area contributed by atoms with Crippen molar-refractivity contribution in [3.05, 3.63) is 48.9 Å². The topological polar surface area (TPSA) is 132 Å². The fraction of sp³-hybridized carbons (Fsp3) is 0.333. The summed E-state index contributed by atoms with van der Waals surface area (Å²) in [5, 5.41) is 36.2. The summed E-state index contributed by atoms with van der Waals surface area (Å²) in [4.78, 5) is 26.7. The van der Waals surface area contributed by atoms with Crippen molar-refractivity contribution in [2.45, 2.75) is 37.4 Å². The van der Waals surface area contributed by atoms with E-state index in [9.17, 15) is 24.9 Å². The summed E-state index contributed by atoms with van der Waals surface area (Å²) in [5.74, 6) is 0.148. The van der Waals surface area contributed by atoms with Gasteiger partial charge in [-0.1, -0.05) is 0 Å². The number of hydrogen-bond acceptors (Lipinski definition) is 9. The minimum absolute atomic E-state index is 0.0762. The van der Waals surface area contributed by atoms with Crippen molar-refractivity contribution in [1.29, 1.82) is 0 Å². The second-order valence-corrected chi connectivity index (χ2v) is 9.90. The van der Waals surface area contributed by atoms with E-state index in [-0.39, 0.29) is 59.0 Å². The standard InChI is InChI=1S/C27H22O9/c1-9(28)6-27-7-10-15-20-16(23(31)25(10)33-2)11(29)4-13-18(20)19-14(36-8-35-13)5-12(30)17(21(19)22(15)27)24(32)26(27)34-3/h4-5,9,26,28,31-32H,6-8H2,1-3H3/t9-,26-,27+/m0/s1. The number of rotatable bonds is 4. The summed E-state index contributed by atoms with van der Waals surface area (Å²) in [7, 11) is 2.86. The largest absolute Gasteiger partial charge is 0.509 e. The minimum Gasteiger partial charge on any atom is -0.509 e. The van der Waals surface area contributed by atoms with Gasteiger partial charge in [-0.3, -0.25) is 9.59 Å². The number of benzene rings is 4. The maximum Gasteiger partial charge on any atom is 0.230 e. The summed E-state index contributed by atoms with van der Waals surface area (Å²) in [6.45, 7) is 1.42. The van der Waals surface area contributed by atoms with E-state index in [1.165, 1.54) is 26.4 Å². The number of phenolic OH excluding ortho intramolecular Hbond substituents is 1. The average molecular weight is 490 g/mol. The van der Waals surface area contributed by atoms with Gasteiger partial charge in [0.25, 0.3) is 0 Å². The Bertz CT molecular complexity index is 1840. The van der Waals surface area contributed by atoms with Gasteiger partial charge in [-0.15, -0.1) is 0 Å². The zero-order valence-corrected chi connectivity index (χ0v) is 19.7. The van der Waals surface area contributed by atoms with E-state index < -0.39 is 28.5 Å². The molecular formula is C27H22O9. The molecule has 7 rings (SSSR count). The molecular weight excluding hydrogens is 468 g/mol. The molecule has 3 atom stereocenters.